The van der Waals surface area contributed by atoms with E-state index in [1.54, 1.807) is 23.1 Å². The Balaban J connectivity index is 1.78. The third-order valence-corrected chi connectivity index (χ3v) is 4.92. The number of benzene rings is 1. The summed E-state index contributed by atoms with van der Waals surface area (Å²) in [4.78, 5) is 17.4. The van der Waals surface area contributed by atoms with Crippen molar-refractivity contribution in [1.29, 1.82) is 0 Å². The third kappa shape index (κ3) is 5.03. The van der Waals surface area contributed by atoms with Crippen LogP contribution in [0.2, 0.25) is 0 Å². The van der Waals surface area contributed by atoms with Crippen molar-refractivity contribution in [1.82, 2.24) is 15.6 Å². The van der Waals surface area contributed by atoms with Gasteiger partial charge in [-0.25, -0.2) is 9.78 Å². The molecule has 0 saturated carbocycles. The fraction of sp³-hybridized carbons (Fsp3) is 0.375. The molecule has 2 aromatic rings. The van der Waals surface area contributed by atoms with Crippen LogP contribution >= 0.6 is 23.1 Å². The highest BCUT2D eigenvalue weighted by atomic mass is 32.2. The maximum Gasteiger partial charge on any atom is 0.315 e. The standard InChI is InChI=1S/C16H21N3OS2/c1-11-12(2)22-15(19-11)9-18-16(20)17-8-13-5-4-6-14(7-13)10-21-3/h4-7H,8-10H2,1-3H3,(H2,17,18,20). The van der Waals surface area contributed by atoms with Gasteiger partial charge in [-0.05, 0) is 31.2 Å². The van der Waals surface area contributed by atoms with E-state index in [1.807, 2.05) is 26.0 Å². The molecular formula is C16H21N3OS2. The Morgan fingerprint density at radius 2 is 1.95 bits per heavy atom. The van der Waals surface area contributed by atoms with Gasteiger partial charge in [0.05, 0.1) is 12.2 Å². The van der Waals surface area contributed by atoms with E-state index in [4.69, 9.17) is 0 Å². The number of hydrogen-bond donors (Lipinski definition) is 2. The molecule has 1 aromatic heterocycles. The van der Waals surface area contributed by atoms with Crippen LogP contribution in [0.5, 0.6) is 0 Å². The maximum absolute atomic E-state index is 11.8. The van der Waals surface area contributed by atoms with E-state index >= 15 is 0 Å². The van der Waals surface area contributed by atoms with Crippen molar-refractivity contribution < 1.29 is 4.79 Å². The normalized spacial score (nSPS) is 10.5. The highest BCUT2D eigenvalue weighted by Crippen LogP contribution is 2.16. The molecule has 22 heavy (non-hydrogen) atoms. The molecule has 4 nitrogen and oxygen atoms in total. The van der Waals surface area contributed by atoms with Crippen molar-refractivity contribution in [2.75, 3.05) is 6.26 Å². The van der Waals surface area contributed by atoms with E-state index in [2.05, 4.69) is 34.0 Å². The summed E-state index contributed by atoms with van der Waals surface area (Å²) in [5.41, 5.74) is 3.43. The van der Waals surface area contributed by atoms with E-state index in [9.17, 15) is 4.79 Å². The molecule has 0 bridgehead atoms. The molecule has 1 aromatic carbocycles. The van der Waals surface area contributed by atoms with Gasteiger partial charge in [0, 0.05) is 17.2 Å². The average Bonchev–Trinajstić information content (AvgIpc) is 2.82. The van der Waals surface area contributed by atoms with Gasteiger partial charge >= 0.3 is 6.03 Å². The van der Waals surface area contributed by atoms with Crippen molar-refractivity contribution in [2.45, 2.75) is 32.7 Å². The lowest BCUT2D eigenvalue weighted by atomic mass is 10.1. The zero-order chi connectivity index (χ0) is 15.9. The first-order valence-electron chi connectivity index (χ1n) is 7.10. The van der Waals surface area contributed by atoms with Crippen LogP contribution < -0.4 is 10.6 Å². The Hall–Kier alpha value is -1.53. The molecule has 2 N–H and O–H groups in total. The summed E-state index contributed by atoms with van der Waals surface area (Å²) < 4.78 is 0. The zero-order valence-corrected chi connectivity index (χ0v) is 14.7. The predicted molar refractivity (Wildman–Crippen MR) is 94.3 cm³/mol. The number of rotatable bonds is 6. The molecule has 0 radical (unpaired) electrons. The number of thioether (sulfide) groups is 1. The maximum atomic E-state index is 11.8. The van der Waals surface area contributed by atoms with Gasteiger partial charge in [-0.15, -0.1) is 11.3 Å². The lowest BCUT2D eigenvalue weighted by Gasteiger charge is -2.08. The molecule has 0 atom stereocenters. The molecule has 2 rings (SSSR count). The lowest BCUT2D eigenvalue weighted by molar-refractivity contribution is 0.240. The second-order valence-corrected chi connectivity index (χ2v) is 7.19. The Morgan fingerprint density at radius 1 is 1.23 bits per heavy atom. The first-order valence-corrected chi connectivity index (χ1v) is 9.31. The van der Waals surface area contributed by atoms with E-state index in [1.165, 1.54) is 10.4 Å². The molecule has 6 heteroatoms. The predicted octanol–water partition coefficient (Wildman–Crippen LogP) is 3.62. The first-order chi connectivity index (χ1) is 10.6. The smallest absolute Gasteiger partial charge is 0.315 e. The SMILES string of the molecule is CSCc1cccc(CNC(=O)NCc2nc(C)c(C)s2)c1. The fourth-order valence-corrected chi connectivity index (χ4v) is 3.40. The van der Waals surface area contributed by atoms with Crippen LogP contribution in [0.1, 0.15) is 26.7 Å². The lowest BCUT2D eigenvalue weighted by Crippen LogP contribution is -2.34. The van der Waals surface area contributed by atoms with E-state index in [0.29, 0.717) is 13.1 Å². The number of carbonyl (C=O) groups is 1. The fourth-order valence-electron chi connectivity index (χ4n) is 2.01. The second kappa shape index (κ2) is 8.19. The quantitative estimate of drug-likeness (QED) is 0.848. The van der Waals surface area contributed by atoms with Crippen LogP contribution in [0.25, 0.3) is 0 Å². The highest BCUT2D eigenvalue weighted by Gasteiger charge is 2.06. The minimum Gasteiger partial charge on any atom is -0.334 e. The van der Waals surface area contributed by atoms with Crippen LogP contribution in [-0.2, 0) is 18.8 Å². The van der Waals surface area contributed by atoms with Gasteiger partial charge in [-0.2, -0.15) is 11.8 Å². The minimum absolute atomic E-state index is 0.166. The van der Waals surface area contributed by atoms with E-state index in [-0.39, 0.29) is 6.03 Å². The molecule has 0 aliphatic rings. The summed E-state index contributed by atoms with van der Waals surface area (Å²) in [5.74, 6) is 0.989. The molecule has 1 heterocycles. The topological polar surface area (TPSA) is 54.0 Å². The first kappa shape index (κ1) is 16.8. The van der Waals surface area contributed by atoms with Gasteiger partial charge in [0.15, 0.2) is 0 Å². The number of aryl methyl sites for hydroxylation is 2. The van der Waals surface area contributed by atoms with Gasteiger partial charge in [0.1, 0.15) is 5.01 Å². The molecular weight excluding hydrogens is 314 g/mol. The summed E-state index contributed by atoms with van der Waals surface area (Å²) in [6.07, 6.45) is 2.08. The monoisotopic (exact) mass is 335 g/mol. The largest absolute Gasteiger partial charge is 0.334 e. The summed E-state index contributed by atoms with van der Waals surface area (Å²) in [6.45, 7) is 5.02. The molecule has 0 aliphatic carbocycles. The van der Waals surface area contributed by atoms with Crippen LogP contribution in [0.15, 0.2) is 24.3 Å². The number of carbonyl (C=O) groups excluding carboxylic acids is 1. The van der Waals surface area contributed by atoms with E-state index in [0.717, 1.165) is 22.0 Å². The Morgan fingerprint density at radius 3 is 2.64 bits per heavy atom. The number of thiazole rings is 1. The molecule has 118 valence electrons. The van der Waals surface area contributed by atoms with E-state index < -0.39 is 0 Å². The molecule has 0 saturated heterocycles. The summed E-state index contributed by atoms with van der Waals surface area (Å²) in [7, 11) is 0. The van der Waals surface area contributed by atoms with Gasteiger partial charge in [-0.3, -0.25) is 0 Å². The van der Waals surface area contributed by atoms with Crippen molar-refractivity contribution in [3.63, 3.8) is 0 Å². The van der Waals surface area contributed by atoms with Gasteiger partial charge in [0.25, 0.3) is 0 Å². The number of aromatic nitrogens is 1. The van der Waals surface area contributed by atoms with Gasteiger partial charge < -0.3 is 10.6 Å². The van der Waals surface area contributed by atoms with Crippen molar-refractivity contribution in [3.05, 3.63) is 51.0 Å². The number of amides is 2. The van der Waals surface area contributed by atoms with Crippen LogP contribution in [0, 0.1) is 13.8 Å². The molecule has 0 unspecified atom stereocenters. The summed E-state index contributed by atoms with van der Waals surface area (Å²) >= 11 is 3.41. The molecule has 0 aliphatic heterocycles. The Kier molecular flexibility index (Phi) is 6.27. The van der Waals surface area contributed by atoms with Crippen molar-refractivity contribution in [2.24, 2.45) is 0 Å². The number of urea groups is 1. The Labute approximate surface area is 139 Å². The zero-order valence-electron chi connectivity index (χ0n) is 13.1. The number of nitrogens with zero attached hydrogens (tertiary/aromatic N) is 1. The average molecular weight is 335 g/mol. The molecule has 2 amide bonds. The molecule has 0 spiro atoms. The van der Waals surface area contributed by atoms with Crippen molar-refractivity contribution in [3.8, 4) is 0 Å². The molecule has 0 fully saturated rings. The third-order valence-electron chi connectivity index (χ3n) is 3.23. The second-order valence-electron chi connectivity index (χ2n) is 5.04. The van der Waals surface area contributed by atoms with Crippen molar-refractivity contribution >= 4 is 29.1 Å². The minimum atomic E-state index is -0.166. The van der Waals surface area contributed by atoms with Gasteiger partial charge in [0.2, 0.25) is 0 Å². The van der Waals surface area contributed by atoms with Crippen LogP contribution in [-0.4, -0.2) is 17.3 Å². The van der Waals surface area contributed by atoms with Gasteiger partial charge in [-0.1, -0.05) is 24.3 Å². The summed E-state index contributed by atoms with van der Waals surface area (Å²) in [6, 6.07) is 8.12. The number of nitrogens with one attached hydrogen (secondary N) is 2. The number of hydrogen-bond acceptors (Lipinski definition) is 4. The van der Waals surface area contributed by atoms with Crippen LogP contribution in [0.3, 0.4) is 0 Å². The summed E-state index contributed by atoms with van der Waals surface area (Å²) in [5, 5.41) is 6.66. The van der Waals surface area contributed by atoms with Crippen LogP contribution in [0.4, 0.5) is 4.79 Å². The Bertz CT molecular complexity index is 621. The highest BCUT2D eigenvalue weighted by molar-refractivity contribution is 7.97.